The van der Waals surface area contributed by atoms with Crippen LogP contribution in [-0.2, 0) is 13.6 Å². The molecule has 2 N–H and O–H groups in total. The van der Waals surface area contributed by atoms with E-state index in [1.807, 2.05) is 0 Å². The van der Waals surface area contributed by atoms with Crippen molar-refractivity contribution >= 4 is 7.60 Å². The first-order chi connectivity index (χ1) is 6.95. The van der Waals surface area contributed by atoms with Crippen LogP contribution in [0, 0.1) is 0 Å². The van der Waals surface area contributed by atoms with Crippen molar-refractivity contribution in [3.8, 4) is 0 Å². The maximum absolute atomic E-state index is 12.0. The normalized spacial score (nSPS) is 26.3. The van der Waals surface area contributed by atoms with E-state index in [4.69, 9.17) is 19.3 Å². The molecular weight excluding hydrogens is 219 g/mol. The van der Waals surface area contributed by atoms with Gasteiger partial charge in [-0.1, -0.05) is 0 Å². The third-order valence-corrected chi connectivity index (χ3v) is 4.35. The van der Waals surface area contributed by atoms with Crippen LogP contribution in [0.4, 0.5) is 0 Å². The van der Waals surface area contributed by atoms with Crippen molar-refractivity contribution in [2.24, 2.45) is 0 Å². The largest absolute Gasteiger partial charge is 0.393 e. The Labute approximate surface area is 88.9 Å². The Morgan fingerprint density at radius 1 is 1.07 bits per heavy atom. The summed E-state index contributed by atoms with van der Waals surface area (Å²) in [7, 11) is -3.16. The molecule has 0 aromatic rings. The van der Waals surface area contributed by atoms with Gasteiger partial charge in [0.15, 0.2) is 0 Å². The second-order valence-electron chi connectivity index (χ2n) is 4.64. The molecule has 2 fully saturated rings. The van der Waals surface area contributed by atoms with E-state index in [0.717, 1.165) is 25.7 Å². The molecule has 5 nitrogen and oxygen atoms in total. The van der Waals surface area contributed by atoms with Crippen LogP contribution in [0.1, 0.15) is 25.7 Å². The average Bonchev–Trinajstić information content (AvgIpc) is 3.04. The van der Waals surface area contributed by atoms with Crippen LogP contribution >= 0.6 is 7.60 Å². The first kappa shape index (κ1) is 11.6. The lowest BCUT2D eigenvalue weighted by atomic mass is 10.4. The van der Waals surface area contributed by atoms with Gasteiger partial charge in [0.2, 0.25) is 0 Å². The highest BCUT2D eigenvalue weighted by Gasteiger charge is 2.53. The number of hydrogen-bond donors (Lipinski definition) is 2. The first-order valence-electron chi connectivity index (χ1n) is 5.16. The monoisotopic (exact) mass is 236 g/mol. The van der Waals surface area contributed by atoms with Crippen LogP contribution in [0.3, 0.4) is 0 Å². The molecule has 0 heterocycles. The van der Waals surface area contributed by atoms with Crippen molar-refractivity contribution in [1.29, 1.82) is 0 Å². The Morgan fingerprint density at radius 2 is 1.40 bits per heavy atom. The van der Waals surface area contributed by atoms with Crippen LogP contribution in [0.5, 0.6) is 0 Å². The maximum atomic E-state index is 12.0. The van der Waals surface area contributed by atoms with Gasteiger partial charge in [0.1, 0.15) is 11.2 Å². The summed E-state index contributed by atoms with van der Waals surface area (Å²) in [4.78, 5) is 0. The molecule has 6 heteroatoms. The lowest BCUT2D eigenvalue weighted by molar-refractivity contribution is 0.0373. The summed E-state index contributed by atoms with van der Waals surface area (Å²) in [6.07, 6.45) is 2.88. The van der Waals surface area contributed by atoms with E-state index in [0.29, 0.717) is 0 Å². The summed E-state index contributed by atoms with van der Waals surface area (Å²) >= 11 is 0. The topological polar surface area (TPSA) is 76.0 Å². The molecule has 0 spiro atoms. The molecule has 0 bridgehead atoms. The van der Waals surface area contributed by atoms with Crippen molar-refractivity contribution in [3.63, 3.8) is 0 Å². The standard InChI is InChI=1S/C9H17O5P/c1-15(12,13-8(6-10)2-3-8)14-9(7-11)4-5-9/h10-11H,2-7H2,1H3. The van der Waals surface area contributed by atoms with Crippen LogP contribution < -0.4 is 0 Å². The van der Waals surface area contributed by atoms with Crippen molar-refractivity contribution < 1.29 is 23.8 Å². The van der Waals surface area contributed by atoms with Gasteiger partial charge in [-0.2, -0.15) is 0 Å². The SMILES string of the molecule is CP(=O)(OC1(CO)CC1)OC1(CO)CC1. The van der Waals surface area contributed by atoms with Crippen molar-refractivity contribution in [2.45, 2.75) is 36.9 Å². The predicted octanol–water partition coefficient (Wildman–Crippen LogP) is 0.892. The van der Waals surface area contributed by atoms with Gasteiger partial charge in [0.25, 0.3) is 0 Å². The van der Waals surface area contributed by atoms with Crippen LogP contribution in [0.2, 0.25) is 0 Å². The van der Waals surface area contributed by atoms with Crippen molar-refractivity contribution in [2.75, 3.05) is 19.9 Å². The molecule has 0 saturated heterocycles. The summed E-state index contributed by atoms with van der Waals surface area (Å²) < 4.78 is 22.6. The molecule has 2 saturated carbocycles. The minimum atomic E-state index is -3.16. The van der Waals surface area contributed by atoms with E-state index >= 15 is 0 Å². The van der Waals surface area contributed by atoms with Gasteiger partial charge in [-0.25, -0.2) is 0 Å². The third kappa shape index (κ3) is 2.60. The summed E-state index contributed by atoms with van der Waals surface area (Å²) in [5.74, 6) is 0. The summed E-state index contributed by atoms with van der Waals surface area (Å²) in [6.45, 7) is 1.15. The number of aliphatic hydroxyl groups is 2. The fourth-order valence-corrected chi connectivity index (χ4v) is 3.48. The highest BCUT2D eigenvalue weighted by Crippen LogP contribution is 2.60. The molecule has 15 heavy (non-hydrogen) atoms. The van der Waals surface area contributed by atoms with Gasteiger partial charge in [-0.05, 0) is 25.7 Å². The summed E-state index contributed by atoms with van der Waals surface area (Å²) in [5, 5.41) is 18.1. The zero-order valence-corrected chi connectivity index (χ0v) is 9.70. The molecule has 0 atom stereocenters. The Bertz CT molecular complexity index is 269. The molecule has 2 rings (SSSR count). The fraction of sp³-hybridized carbons (Fsp3) is 1.00. The second kappa shape index (κ2) is 3.54. The lowest BCUT2D eigenvalue weighted by Gasteiger charge is -2.24. The molecule has 0 radical (unpaired) electrons. The number of hydrogen-bond acceptors (Lipinski definition) is 5. The van der Waals surface area contributed by atoms with Gasteiger partial charge < -0.3 is 10.2 Å². The lowest BCUT2D eigenvalue weighted by Crippen LogP contribution is -2.22. The van der Waals surface area contributed by atoms with Crippen molar-refractivity contribution in [1.82, 2.24) is 0 Å². The molecule has 0 aliphatic heterocycles. The molecule has 0 amide bonds. The van der Waals surface area contributed by atoms with Crippen LogP contribution in [0.25, 0.3) is 0 Å². The number of aliphatic hydroxyl groups excluding tert-OH is 2. The zero-order chi connectivity index (χ0) is 11.2. The average molecular weight is 236 g/mol. The van der Waals surface area contributed by atoms with Crippen LogP contribution in [0.15, 0.2) is 0 Å². The highest BCUT2D eigenvalue weighted by molar-refractivity contribution is 7.53. The molecule has 0 unspecified atom stereocenters. The van der Waals surface area contributed by atoms with E-state index in [2.05, 4.69) is 0 Å². The minimum Gasteiger partial charge on any atom is -0.393 e. The van der Waals surface area contributed by atoms with E-state index < -0.39 is 18.8 Å². The first-order valence-corrected chi connectivity index (χ1v) is 7.15. The number of rotatable bonds is 6. The van der Waals surface area contributed by atoms with Crippen LogP contribution in [-0.4, -0.2) is 41.3 Å². The van der Waals surface area contributed by atoms with Gasteiger partial charge in [0.05, 0.1) is 13.2 Å². The quantitative estimate of drug-likeness (QED) is 0.670. The van der Waals surface area contributed by atoms with Gasteiger partial charge in [-0.3, -0.25) is 13.6 Å². The highest BCUT2D eigenvalue weighted by atomic mass is 31.2. The summed E-state index contributed by atoms with van der Waals surface area (Å²) in [5.41, 5.74) is -1.29. The fourth-order valence-electron chi connectivity index (χ4n) is 1.56. The molecule has 88 valence electrons. The van der Waals surface area contributed by atoms with Gasteiger partial charge >= 0.3 is 7.60 Å². The third-order valence-electron chi connectivity index (χ3n) is 2.91. The van der Waals surface area contributed by atoms with E-state index in [1.54, 1.807) is 0 Å². The van der Waals surface area contributed by atoms with E-state index in [-0.39, 0.29) is 13.2 Å². The molecule has 0 aromatic carbocycles. The van der Waals surface area contributed by atoms with Crippen molar-refractivity contribution in [3.05, 3.63) is 0 Å². The summed E-state index contributed by atoms with van der Waals surface area (Å²) in [6, 6.07) is 0. The Balaban J connectivity index is 1.92. The molecule has 0 aromatic heterocycles. The van der Waals surface area contributed by atoms with E-state index in [1.165, 1.54) is 6.66 Å². The maximum Gasteiger partial charge on any atom is 0.328 e. The van der Waals surface area contributed by atoms with Gasteiger partial charge in [-0.15, -0.1) is 0 Å². The zero-order valence-electron chi connectivity index (χ0n) is 8.81. The predicted molar refractivity (Wildman–Crippen MR) is 53.8 cm³/mol. The molecule has 2 aliphatic rings. The van der Waals surface area contributed by atoms with E-state index in [9.17, 15) is 4.57 Å². The van der Waals surface area contributed by atoms with Gasteiger partial charge in [0, 0.05) is 6.66 Å². The molecular formula is C9H17O5P. The Hall–Kier alpha value is 0.0700. The molecule has 2 aliphatic carbocycles. The second-order valence-corrected chi connectivity index (χ2v) is 6.54. The Morgan fingerprint density at radius 3 is 1.60 bits per heavy atom. The minimum absolute atomic E-state index is 0.125. The smallest absolute Gasteiger partial charge is 0.328 e. The Kier molecular flexibility index (Phi) is 2.72.